The highest BCUT2D eigenvalue weighted by molar-refractivity contribution is 7.46. The Morgan fingerprint density at radius 1 is 1.11 bits per heavy atom. The molecule has 0 radical (unpaired) electrons. The van der Waals surface area contributed by atoms with E-state index >= 15 is 0 Å². The summed E-state index contributed by atoms with van der Waals surface area (Å²) in [5.41, 5.74) is -2.14. The lowest BCUT2D eigenvalue weighted by Gasteiger charge is -2.38. The van der Waals surface area contributed by atoms with Crippen molar-refractivity contribution in [2.24, 2.45) is 0 Å². The molecule has 0 unspecified atom stereocenters. The molecule has 2 aromatic carbocycles. The van der Waals surface area contributed by atoms with Crippen molar-refractivity contribution in [2.75, 3.05) is 18.4 Å². The summed E-state index contributed by atoms with van der Waals surface area (Å²) >= 11 is 1.02. The van der Waals surface area contributed by atoms with Crippen molar-refractivity contribution in [1.29, 1.82) is 0 Å². The molecule has 0 saturated carbocycles. The topological polar surface area (TPSA) is 168 Å². The largest absolute Gasteiger partial charge is 0.346 e. The van der Waals surface area contributed by atoms with Gasteiger partial charge in [-0.05, 0) is 67.5 Å². The number of alkyl halides is 2. The van der Waals surface area contributed by atoms with Gasteiger partial charge in [0, 0.05) is 47.4 Å². The second kappa shape index (κ2) is 12.3. The van der Waals surface area contributed by atoms with Crippen LogP contribution >= 0.6 is 19.7 Å². The number of thiophene rings is 1. The third-order valence-electron chi connectivity index (χ3n) is 8.60. The van der Waals surface area contributed by atoms with Crippen LogP contribution in [0.3, 0.4) is 0 Å². The first-order valence-electron chi connectivity index (χ1n) is 14.6. The second-order valence-electron chi connectivity index (χ2n) is 11.6. The van der Waals surface area contributed by atoms with Crippen LogP contribution in [0.4, 0.5) is 14.5 Å². The van der Waals surface area contributed by atoms with Crippen LogP contribution in [0.1, 0.15) is 47.0 Å². The molecule has 16 heteroatoms. The van der Waals surface area contributed by atoms with Gasteiger partial charge >= 0.3 is 5.66 Å². The number of hydrogen-bond acceptors (Lipinski definition) is 8. The lowest BCUT2D eigenvalue weighted by atomic mass is 10.1. The van der Waals surface area contributed by atoms with Gasteiger partial charge in [0.2, 0.25) is 26.1 Å². The van der Waals surface area contributed by atoms with Crippen LogP contribution in [0.5, 0.6) is 0 Å². The summed E-state index contributed by atoms with van der Waals surface area (Å²) in [4.78, 5) is 75.1. The minimum atomic E-state index is -3.85. The number of hydrogen-bond donors (Lipinski definition) is 5. The van der Waals surface area contributed by atoms with E-state index in [1.807, 2.05) is 13.0 Å². The van der Waals surface area contributed by atoms with Crippen molar-refractivity contribution in [3.05, 3.63) is 58.6 Å². The average molecular weight is 673 g/mol. The molecule has 0 aliphatic carbocycles. The SMILES string of the molecule is CC(=O)N1CC[C@H]2CC[C@@H](C(=O)Nc3cc(C)c4[nH]ncc4c3)N2C(=O)[C@@H](NC(=O)c2cc3cc(C(F)(F)P(O)O)ccc3s2)C1. The fourth-order valence-electron chi connectivity index (χ4n) is 6.25. The smallest absolute Gasteiger partial charge is 0.339 e. The molecule has 3 atom stereocenters. The third kappa shape index (κ3) is 5.95. The van der Waals surface area contributed by atoms with E-state index in [4.69, 9.17) is 9.79 Å². The number of fused-ring (bicyclic) bond motifs is 3. The van der Waals surface area contributed by atoms with Gasteiger partial charge in [-0.2, -0.15) is 13.9 Å². The van der Waals surface area contributed by atoms with E-state index in [1.165, 1.54) is 28.9 Å². The maximum Gasteiger partial charge on any atom is 0.339 e. The van der Waals surface area contributed by atoms with E-state index in [2.05, 4.69) is 20.8 Å². The van der Waals surface area contributed by atoms with Crippen LogP contribution in [0.2, 0.25) is 0 Å². The first-order valence-corrected chi connectivity index (χ1v) is 16.6. The zero-order valence-electron chi connectivity index (χ0n) is 24.8. The quantitative estimate of drug-likeness (QED) is 0.194. The number of carbonyl (C=O) groups excluding carboxylic acids is 4. The summed E-state index contributed by atoms with van der Waals surface area (Å²) in [6, 6.07) is 6.22. The number of carbonyl (C=O) groups is 4. The summed E-state index contributed by atoms with van der Waals surface area (Å²) < 4.78 is 29.0. The molecule has 2 aromatic heterocycles. The predicted octanol–water partition coefficient (Wildman–Crippen LogP) is 3.78. The normalized spacial score (nSPS) is 20.6. The molecule has 4 aromatic rings. The zero-order valence-corrected chi connectivity index (χ0v) is 26.5. The Hall–Kier alpha value is -4.04. The zero-order chi connectivity index (χ0) is 32.9. The Bertz CT molecular complexity index is 1860. The summed E-state index contributed by atoms with van der Waals surface area (Å²) in [7, 11) is -3.56. The number of amides is 4. The number of nitrogens with zero attached hydrogens (tertiary/aromatic N) is 3. The molecular weight excluding hydrogens is 641 g/mol. The molecule has 6 rings (SSSR count). The molecule has 2 aliphatic heterocycles. The summed E-state index contributed by atoms with van der Waals surface area (Å²) in [6.07, 6.45) is 3.08. The van der Waals surface area contributed by atoms with E-state index in [1.54, 1.807) is 12.3 Å². The van der Waals surface area contributed by atoms with Crippen LogP contribution in [-0.2, 0) is 20.0 Å². The van der Waals surface area contributed by atoms with Crippen molar-refractivity contribution in [2.45, 2.75) is 56.9 Å². The number of nitrogens with one attached hydrogen (secondary N) is 3. The first kappa shape index (κ1) is 31.9. The van der Waals surface area contributed by atoms with E-state index in [0.29, 0.717) is 41.6 Å². The number of aromatic amines is 1. The Labute approximate surface area is 266 Å². The van der Waals surface area contributed by atoms with Gasteiger partial charge in [-0.3, -0.25) is 24.3 Å². The van der Waals surface area contributed by atoms with Gasteiger partial charge in [-0.25, -0.2) is 0 Å². The third-order valence-corrected chi connectivity index (χ3v) is 10.5. The molecule has 12 nitrogen and oxygen atoms in total. The minimum Gasteiger partial charge on any atom is -0.346 e. The molecule has 46 heavy (non-hydrogen) atoms. The lowest BCUT2D eigenvalue weighted by molar-refractivity contribution is -0.143. The van der Waals surface area contributed by atoms with Crippen LogP contribution < -0.4 is 10.6 Å². The van der Waals surface area contributed by atoms with Crippen LogP contribution in [-0.4, -0.2) is 84.6 Å². The van der Waals surface area contributed by atoms with Crippen molar-refractivity contribution < 1.29 is 37.7 Å². The average Bonchev–Trinajstić information content (AvgIpc) is 3.75. The number of H-pyrrole nitrogens is 1. The van der Waals surface area contributed by atoms with Crippen molar-refractivity contribution in [1.82, 2.24) is 25.3 Å². The molecule has 2 aliphatic rings. The number of aromatic nitrogens is 2. The van der Waals surface area contributed by atoms with Gasteiger partial charge in [0.15, 0.2) is 0 Å². The Morgan fingerprint density at radius 2 is 1.89 bits per heavy atom. The van der Waals surface area contributed by atoms with Crippen LogP contribution in [0.15, 0.2) is 42.6 Å². The van der Waals surface area contributed by atoms with E-state index in [0.717, 1.165) is 39.9 Å². The van der Waals surface area contributed by atoms with E-state index in [-0.39, 0.29) is 29.3 Å². The monoisotopic (exact) mass is 672 g/mol. The fourth-order valence-corrected chi connectivity index (χ4v) is 7.56. The van der Waals surface area contributed by atoms with Crippen LogP contribution in [0.25, 0.3) is 21.0 Å². The molecule has 4 amide bonds. The molecule has 0 spiro atoms. The first-order chi connectivity index (χ1) is 21.8. The maximum atomic E-state index is 14.2. The maximum absolute atomic E-state index is 14.2. The van der Waals surface area contributed by atoms with Gasteiger partial charge in [0.05, 0.1) is 16.6 Å². The summed E-state index contributed by atoms with van der Waals surface area (Å²) in [5.74, 6) is -1.77. The van der Waals surface area contributed by atoms with Gasteiger partial charge in [-0.15, -0.1) is 11.3 Å². The summed E-state index contributed by atoms with van der Waals surface area (Å²) in [6.45, 7) is 3.50. The number of aryl methyl sites for hydroxylation is 1. The van der Waals surface area contributed by atoms with Gasteiger partial charge in [0.1, 0.15) is 12.1 Å². The highest BCUT2D eigenvalue weighted by Gasteiger charge is 2.45. The second-order valence-corrected chi connectivity index (χ2v) is 13.8. The van der Waals surface area contributed by atoms with Crippen LogP contribution in [0, 0.1) is 6.92 Å². The molecule has 2 saturated heterocycles. The molecule has 2 fully saturated rings. The molecular formula is C30H31F2N6O6PS. The van der Waals surface area contributed by atoms with Gasteiger partial charge in [0.25, 0.3) is 5.91 Å². The van der Waals surface area contributed by atoms with E-state index < -0.39 is 43.5 Å². The molecule has 4 heterocycles. The highest BCUT2D eigenvalue weighted by Crippen LogP contribution is 2.53. The Morgan fingerprint density at radius 3 is 2.63 bits per heavy atom. The molecule has 5 N–H and O–H groups in total. The van der Waals surface area contributed by atoms with Gasteiger partial charge < -0.3 is 30.2 Å². The molecule has 0 bridgehead atoms. The minimum absolute atomic E-state index is 0.106. The number of benzene rings is 2. The standard InChI is InChI=1S/C30H31F2N6O6PS/c1-15-9-20(11-18-13-33-36-26(15)18)34-27(40)23-5-4-21-7-8-37(16(2)39)14-22(29(42)38(21)23)35-28(41)25-12-17-10-19(3-6-24(17)46-25)30(31,32)45(43)44/h3,6,9-13,21-23,43-44H,4-5,7-8,14H2,1-2H3,(H,33,36)(H,34,40)(H,35,41)/t21-,22+,23+/m1/s1. The Kier molecular flexibility index (Phi) is 8.53. The highest BCUT2D eigenvalue weighted by atomic mass is 32.1. The Balaban J connectivity index is 1.24. The predicted molar refractivity (Wildman–Crippen MR) is 168 cm³/mol. The van der Waals surface area contributed by atoms with Gasteiger partial charge in [-0.1, -0.05) is 6.07 Å². The molecule has 242 valence electrons. The number of rotatable bonds is 6. The van der Waals surface area contributed by atoms with Crippen molar-refractivity contribution in [3.8, 4) is 0 Å². The van der Waals surface area contributed by atoms with E-state index in [9.17, 15) is 28.0 Å². The lowest BCUT2D eigenvalue weighted by Crippen LogP contribution is -2.60. The fraction of sp³-hybridized carbons (Fsp3) is 0.367. The van der Waals surface area contributed by atoms with Crippen molar-refractivity contribution >= 4 is 70.0 Å². The number of halogens is 2. The summed E-state index contributed by atoms with van der Waals surface area (Å²) in [5, 5.41) is 13.7. The number of anilines is 1. The van der Waals surface area contributed by atoms with Crippen molar-refractivity contribution in [3.63, 3.8) is 0 Å².